The minimum absolute atomic E-state index is 0.0988. The molecule has 0 atom stereocenters. The fourth-order valence-corrected chi connectivity index (χ4v) is 1.63. The van der Waals surface area contributed by atoms with Crippen LogP contribution in [0.1, 0.15) is 30.9 Å². The highest BCUT2D eigenvalue weighted by Crippen LogP contribution is 2.21. The van der Waals surface area contributed by atoms with Gasteiger partial charge in [0.2, 0.25) is 5.82 Å². The van der Waals surface area contributed by atoms with Gasteiger partial charge in [0.05, 0.1) is 13.2 Å². The summed E-state index contributed by atoms with van der Waals surface area (Å²) < 4.78 is 10.4. The molecular weight excluding hydrogens is 258 g/mol. The number of carbonyl (C=O) groups is 1. The van der Waals surface area contributed by atoms with Gasteiger partial charge < -0.3 is 9.47 Å². The van der Waals surface area contributed by atoms with Crippen LogP contribution < -0.4 is 4.74 Å². The highest BCUT2D eigenvalue weighted by Gasteiger charge is 2.14. The van der Waals surface area contributed by atoms with Crippen molar-refractivity contribution < 1.29 is 14.3 Å². The van der Waals surface area contributed by atoms with Crippen molar-refractivity contribution in [1.29, 1.82) is 0 Å². The zero-order valence-electron chi connectivity index (χ0n) is 11.5. The van der Waals surface area contributed by atoms with Gasteiger partial charge in [0.25, 0.3) is 0 Å². The fourth-order valence-electron chi connectivity index (χ4n) is 1.63. The molecule has 1 aromatic carbocycles. The molecule has 0 radical (unpaired) electrons. The first-order valence-electron chi connectivity index (χ1n) is 6.57. The average Bonchev–Trinajstić information content (AvgIpc) is 2.95. The van der Waals surface area contributed by atoms with E-state index in [1.54, 1.807) is 6.92 Å². The highest BCUT2D eigenvalue weighted by atomic mass is 16.5. The lowest BCUT2D eigenvalue weighted by Crippen LogP contribution is -2.06. The summed E-state index contributed by atoms with van der Waals surface area (Å²) in [4.78, 5) is 15.6. The van der Waals surface area contributed by atoms with Crippen LogP contribution in [0, 0.1) is 0 Å². The molecule has 1 heterocycles. The Bertz CT molecular complexity index is 581. The van der Waals surface area contributed by atoms with Gasteiger partial charge in [-0.05, 0) is 25.5 Å². The zero-order valence-corrected chi connectivity index (χ0v) is 11.5. The van der Waals surface area contributed by atoms with E-state index in [0.29, 0.717) is 19.0 Å². The Labute approximate surface area is 117 Å². The summed E-state index contributed by atoms with van der Waals surface area (Å²) in [6.07, 6.45) is 0.942. The van der Waals surface area contributed by atoms with Gasteiger partial charge in [-0.2, -0.15) is 5.10 Å². The maximum atomic E-state index is 11.5. The largest absolute Gasteiger partial charge is 0.494 e. The standard InChI is InChI=1S/C14H17N3O3/c1-3-8-20-11-7-5-6-10(9-11)12-15-13(17-16-12)14(18)19-4-2/h5-7,9H,3-4,8H2,1-2H3,(H,15,16,17). The molecule has 0 aliphatic rings. The number of nitrogens with zero attached hydrogens (tertiary/aromatic N) is 2. The van der Waals surface area contributed by atoms with Gasteiger partial charge in [0.15, 0.2) is 5.82 Å². The molecule has 0 bridgehead atoms. The first kappa shape index (κ1) is 14.0. The molecule has 20 heavy (non-hydrogen) atoms. The number of hydrogen-bond donors (Lipinski definition) is 1. The van der Waals surface area contributed by atoms with Crippen LogP contribution in [-0.4, -0.2) is 34.4 Å². The van der Waals surface area contributed by atoms with Crippen molar-refractivity contribution >= 4 is 5.97 Å². The van der Waals surface area contributed by atoms with Crippen LogP contribution in [-0.2, 0) is 4.74 Å². The van der Waals surface area contributed by atoms with Crippen molar-refractivity contribution in [1.82, 2.24) is 15.2 Å². The summed E-state index contributed by atoms with van der Waals surface area (Å²) in [5, 5.41) is 6.59. The van der Waals surface area contributed by atoms with Crippen LogP contribution in [0.4, 0.5) is 0 Å². The first-order chi connectivity index (χ1) is 9.74. The number of hydrogen-bond acceptors (Lipinski definition) is 5. The first-order valence-corrected chi connectivity index (χ1v) is 6.57. The molecule has 0 saturated heterocycles. The maximum absolute atomic E-state index is 11.5. The predicted octanol–water partition coefficient (Wildman–Crippen LogP) is 2.44. The van der Waals surface area contributed by atoms with E-state index in [1.807, 2.05) is 31.2 Å². The summed E-state index contributed by atoms with van der Waals surface area (Å²) in [7, 11) is 0. The number of benzene rings is 1. The topological polar surface area (TPSA) is 77.1 Å². The van der Waals surface area contributed by atoms with E-state index in [1.165, 1.54) is 0 Å². The number of esters is 1. The minimum atomic E-state index is -0.510. The quantitative estimate of drug-likeness (QED) is 0.819. The number of rotatable bonds is 6. The summed E-state index contributed by atoms with van der Waals surface area (Å²) in [6, 6.07) is 7.43. The molecule has 0 amide bonds. The summed E-state index contributed by atoms with van der Waals surface area (Å²) in [5.74, 6) is 0.785. The molecule has 0 fully saturated rings. The second-order valence-electron chi connectivity index (χ2n) is 4.10. The second-order valence-corrected chi connectivity index (χ2v) is 4.10. The van der Waals surface area contributed by atoms with Crippen molar-refractivity contribution in [2.24, 2.45) is 0 Å². The Kier molecular flexibility index (Phi) is 4.70. The number of ether oxygens (including phenoxy) is 2. The minimum Gasteiger partial charge on any atom is -0.494 e. The van der Waals surface area contributed by atoms with Gasteiger partial charge in [0, 0.05) is 5.56 Å². The van der Waals surface area contributed by atoms with E-state index in [-0.39, 0.29) is 5.82 Å². The fraction of sp³-hybridized carbons (Fsp3) is 0.357. The van der Waals surface area contributed by atoms with Crippen LogP contribution in [0.15, 0.2) is 24.3 Å². The van der Waals surface area contributed by atoms with Crippen molar-refractivity contribution in [3.63, 3.8) is 0 Å². The van der Waals surface area contributed by atoms with Gasteiger partial charge in [0.1, 0.15) is 5.75 Å². The van der Waals surface area contributed by atoms with E-state index >= 15 is 0 Å². The summed E-state index contributed by atoms with van der Waals surface area (Å²) >= 11 is 0. The molecule has 1 N–H and O–H groups in total. The third-order valence-corrected chi connectivity index (χ3v) is 2.52. The van der Waals surface area contributed by atoms with E-state index in [4.69, 9.17) is 9.47 Å². The van der Waals surface area contributed by atoms with Crippen molar-refractivity contribution in [2.45, 2.75) is 20.3 Å². The van der Waals surface area contributed by atoms with Crippen LogP contribution in [0.3, 0.4) is 0 Å². The monoisotopic (exact) mass is 275 g/mol. The van der Waals surface area contributed by atoms with Gasteiger partial charge in [-0.3, -0.25) is 5.10 Å². The number of H-pyrrole nitrogens is 1. The van der Waals surface area contributed by atoms with E-state index < -0.39 is 5.97 Å². The molecule has 6 nitrogen and oxygen atoms in total. The third-order valence-electron chi connectivity index (χ3n) is 2.52. The Morgan fingerprint density at radius 2 is 2.20 bits per heavy atom. The number of nitrogens with one attached hydrogen (secondary N) is 1. The molecule has 2 rings (SSSR count). The Morgan fingerprint density at radius 1 is 1.35 bits per heavy atom. The Hall–Kier alpha value is -2.37. The third kappa shape index (κ3) is 3.34. The van der Waals surface area contributed by atoms with Crippen molar-refractivity contribution in [3.05, 3.63) is 30.1 Å². The lowest BCUT2D eigenvalue weighted by Gasteiger charge is -2.04. The van der Waals surface area contributed by atoms with Crippen molar-refractivity contribution in [3.8, 4) is 17.1 Å². The maximum Gasteiger partial charge on any atom is 0.375 e. The summed E-state index contributed by atoms with van der Waals surface area (Å²) in [6.45, 7) is 4.75. The Morgan fingerprint density at radius 3 is 2.95 bits per heavy atom. The van der Waals surface area contributed by atoms with Gasteiger partial charge in [-0.1, -0.05) is 19.1 Å². The molecule has 1 aromatic heterocycles. The SMILES string of the molecule is CCCOc1cccc(-c2n[nH]c(C(=O)OCC)n2)c1. The van der Waals surface area contributed by atoms with Crippen LogP contribution >= 0.6 is 0 Å². The molecule has 0 spiro atoms. The Balaban J connectivity index is 2.17. The van der Waals surface area contributed by atoms with Crippen LogP contribution in [0.2, 0.25) is 0 Å². The van der Waals surface area contributed by atoms with Gasteiger partial charge in [-0.25, -0.2) is 9.78 Å². The number of aromatic nitrogens is 3. The van der Waals surface area contributed by atoms with Crippen molar-refractivity contribution in [2.75, 3.05) is 13.2 Å². The molecule has 2 aromatic rings. The lowest BCUT2D eigenvalue weighted by molar-refractivity contribution is 0.0512. The van der Waals surface area contributed by atoms with E-state index in [9.17, 15) is 4.79 Å². The van der Waals surface area contributed by atoms with E-state index in [2.05, 4.69) is 15.2 Å². The smallest absolute Gasteiger partial charge is 0.375 e. The molecule has 0 aliphatic heterocycles. The van der Waals surface area contributed by atoms with E-state index in [0.717, 1.165) is 17.7 Å². The highest BCUT2D eigenvalue weighted by molar-refractivity contribution is 5.85. The molecule has 106 valence electrons. The molecule has 0 aliphatic carbocycles. The van der Waals surface area contributed by atoms with Gasteiger partial charge >= 0.3 is 5.97 Å². The zero-order chi connectivity index (χ0) is 14.4. The normalized spacial score (nSPS) is 10.3. The molecular formula is C14H17N3O3. The lowest BCUT2D eigenvalue weighted by atomic mass is 10.2. The number of aromatic amines is 1. The molecule has 0 saturated carbocycles. The summed E-state index contributed by atoms with van der Waals surface area (Å²) in [5.41, 5.74) is 0.783. The predicted molar refractivity (Wildman–Crippen MR) is 73.6 cm³/mol. The molecule has 6 heteroatoms. The average molecular weight is 275 g/mol. The van der Waals surface area contributed by atoms with Crippen LogP contribution in [0.5, 0.6) is 5.75 Å². The molecule has 0 unspecified atom stereocenters. The van der Waals surface area contributed by atoms with Gasteiger partial charge in [-0.15, -0.1) is 0 Å². The van der Waals surface area contributed by atoms with Crippen LogP contribution in [0.25, 0.3) is 11.4 Å². The number of carbonyl (C=O) groups excluding carboxylic acids is 1. The second kappa shape index (κ2) is 6.70.